The van der Waals surface area contributed by atoms with Crippen molar-refractivity contribution in [2.45, 2.75) is 0 Å². The third kappa shape index (κ3) is 5.44. The molecule has 0 aliphatic heterocycles. The molecule has 3 nitrogen and oxygen atoms in total. The van der Waals surface area contributed by atoms with Crippen molar-refractivity contribution in [1.82, 2.24) is 4.57 Å². The highest BCUT2D eigenvalue weighted by Crippen LogP contribution is 2.45. The maximum absolute atomic E-state index is 8.67. The number of para-hydroxylation sites is 3. The van der Waals surface area contributed by atoms with E-state index >= 15 is 0 Å². The summed E-state index contributed by atoms with van der Waals surface area (Å²) in [5, 5.41) is 8.57. The molecular formula is C56H36N2O. The fourth-order valence-corrected chi connectivity index (χ4v) is 8.87. The molecule has 0 atom stereocenters. The SMILES string of the molecule is [2H]c1c([2H])c([2H])c(-c2ccc(N(c3ccc4ccc(-c5ccc6c(c5)c5ccccc5n6-c5ccccc5)cc4c3)c3cc4c5ccccc5oc4c4ccccc34)cc2)c([2H])c1[2H]. The van der Waals surface area contributed by atoms with E-state index in [0.29, 0.717) is 5.56 Å². The largest absolute Gasteiger partial charge is 0.455 e. The van der Waals surface area contributed by atoms with Crippen LogP contribution in [0.25, 0.3) is 93.2 Å². The summed E-state index contributed by atoms with van der Waals surface area (Å²) in [6, 6.07) is 63.6. The summed E-state index contributed by atoms with van der Waals surface area (Å²) in [5.41, 5.74) is 10.7. The molecule has 10 aromatic carbocycles. The van der Waals surface area contributed by atoms with Gasteiger partial charge in [0.15, 0.2) is 0 Å². The third-order valence-electron chi connectivity index (χ3n) is 11.6. The van der Waals surface area contributed by atoms with Crippen LogP contribution in [-0.4, -0.2) is 4.57 Å². The average Bonchev–Trinajstić information content (AvgIpc) is 3.89. The van der Waals surface area contributed by atoms with Crippen LogP contribution in [0.15, 0.2) is 223 Å². The molecule has 0 N–H and O–H groups in total. The Morgan fingerprint density at radius 3 is 1.90 bits per heavy atom. The molecule has 0 spiro atoms. The first kappa shape index (κ1) is 28.5. The minimum atomic E-state index is -0.411. The average molecular weight is 758 g/mol. The van der Waals surface area contributed by atoms with E-state index in [-0.39, 0.29) is 29.7 Å². The summed E-state index contributed by atoms with van der Waals surface area (Å²) in [4.78, 5) is 2.24. The summed E-state index contributed by atoms with van der Waals surface area (Å²) in [6.07, 6.45) is 0. The molecule has 59 heavy (non-hydrogen) atoms. The molecule has 0 radical (unpaired) electrons. The quantitative estimate of drug-likeness (QED) is 0.168. The molecule has 0 saturated carbocycles. The van der Waals surface area contributed by atoms with Crippen LogP contribution < -0.4 is 4.90 Å². The molecule has 0 aliphatic rings. The lowest BCUT2D eigenvalue weighted by Gasteiger charge is -2.27. The van der Waals surface area contributed by atoms with Crippen LogP contribution in [0.5, 0.6) is 0 Å². The van der Waals surface area contributed by atoms with Gasteiger partial charge in [-0.05, 0) is 106 Å². The van der Waals surface area contributed by atoms with Crippen molar-refractivity contribution in [3.63, 3.8) is 0 Å². The summed E-state index contributed by atoms with van der Waals surface area (Å²) in [5.74, 6) is 0. The Bertz CT molecular complexity index is 3830. The third-order valence-corrected chi connectivity index (χ3v) is 11.6. The zero-order valence-electron chi connectivity index (χ0n) is 36.7. The van der Waals surface area contributed by atoms with Gasteiger partial charge in [-0.25, -0.2) is 0 Å². The molecule has 0 unspecified atom stereocenters. The van der Waals surface area contributed by atoms with Crippen LogP contribution in [0.3, 0.4) is 0 Å². The van der Waals surface area contributed by atoms with Gasteiger partial charge < -0.3 is 13.9 Å². The Balaban J connectivity index is 1.04. The Kier molecular flexibility index (Phi) is 6.46. The van der Waals surface area contributed by atoms with E-state index in [2.05, 4.69) is 137 Å². The highest BCUT2D eigenvalue weighted by Gasteiger charge is 2.21. The second kappa shape index (κ2) is 13.4. The number of hydrogen-bond acceptors (Lipinski definition) is 2. The molecular weight excluding hydrogens is 717 g/mol. The van der Waals surface area contributed by atoms with Crippen LogP contribution in [0.2, 0.25) is 0 Å². The first-order valence-electron chi connectivity index (χ1n) is 22.3. The maximum Gasteiger partial charge on any atom is 0.143 e. The number of aromatic nitrogens is 1. The summed E-state index contributed by atoms with van der Waals surface area (Å²) >= 11 is 0. The minimum Gasteiger partial charge on any atom is -0.455 e. The monoisotopic (exact) mass is 757 g/mol. The molecule has 3 heteroatoms. The van der Waals surface area contributed by atoms with E-state index in [9.17, 15) is 0 Å². The summed E-state index contributed by atoms with van der Waals surface area (Å²) in [7, 11) is 0. The van der Waals surface area contributed by atoms with Crippen molar-refractivity contribution < 1.29 is 11.3 Å². The van der Waals surface area contributed by atoms with E-state index < -0.39 is 6.04 Å². The second-order valence-electron chi connectivity index (χ2n) is 15.0. The molecule has 0 saturated heterocycles. The van der Waals surface area contributed by atoms with E-state index in [1.165, 1.54) is 16.3 Å². The summed E-state index contributed by atoms with van der Waals surface area (Å²) < 4.78 is 51.0. The molecule has 0 fully saturated rings. The zero-order valence-corrected chi connectivity index (χ0v) is 31.7. The van der Waals surface area contributed by atoms with Crippen molar-refractivity contribution in [1.29, 1.82) is 0 Å². The molecule has 276 valence electrons. The lowest BCUT2D eigenvalue weighted by molar-refractivity contribution is 0.672. The predicted octanol–water partition coefficient (Wildman–Crippen LogP) is 15.8. The molecule has 12 aromatic rings. The van der Waals surface area contributed by atoms with Crippen LogP contribution >= 0.6 is 0 Å². The number of rotatable bonds is 6. The number of fused-ring (bicyclic) bond motifs is 9. The zero-order chi connectivity index (χ0) is 43.2. The number of nitrogens with zero attached hydrogens (tertiary/aromatic N) is 2. The molecule has 0 amide bonds. The number of anilines is 3. The molecule has 12 rings (SSSR count). The van der Waals surface area contributed by atoms with Crippen LogP contribution in [0.1, 0.15) is 6.85 Å². The van der Waals surface area contributed by atoms with E-state index in [4.69, 9.17) is 11.3 Å². The van der Waals surface area contributed by atoms with E-state index in [1.54, 1.807) is 0 Å². The van der Waals surface area contributed by atoms with Gasteiger partial charge in [-0.1, -0.05) is 145 Å². The van der Waals surface area contributed by atoms with E-state index in [1.807, 2.05) is 60.7 Å². The Morgan fingerprint density at radius 2 is 1.05 bits per heavy atom. The molecule has 0 bridgehead atoms. The first-order valence-corrected chi connectivity index (χ1v) is 19.8. The first-order chi connectivity index (χ1) is 31.3. The van der Waals surface area contributed by atoms with Gasteiger partial charge in [0.1, 0.15) is 11.2 Å². The Labute approximate surface area is 348 Å². The fourth-order valence-electron chi connectivity index (χ4n) is 8.87. The number of furan rings is 1. The van der Waals surface area contributed by atoms with Gasteiger partial charge in [-0.2, -0.15) is 0 Å². The second-order valence-corrected chi connectivity index (χ2v) is 15.0. The predicted molar refractivity (Wildman–Crippen MR) is 249 cm³/mol. The lowest BCUT2D eigenvalue weighted by atomic mass is 9.98. The van der Waals surface area contributed by atoms with Crippen molar-refractivity contribution in [2.75, 3.05) is 4.90 Å². The highest BCUT2D eigenvalue weighted by molar-refractivity contribution is 6.20. The topological polar surface area (TPSA) is 21.3 Å². The molecule has 2 aromatic heterocycles. The standard InChI is InChI=1S/C56H36N2O/c1-3-13-37(14-4-1)38-25-29-44(30-26-38)57(54-36-51-48-19-10-12-22-55(48)59-56(51)49-20-8-7-17-46(49)54)45-31-27-39-23-24-40(33-42(39)34-45)41-28-32-53-50(35-41)47-18-9-11-21-52(47)58(53)43-15-5-2-6-16-43/h1-36H/i1D,3D,4D,13D,14D. The van der Waals surface area contributed by atoms with Crippen LogP contribution in [0, 0.1) is 0 Å². The van der Waals surface area contributed by atoms with Gasteiger partial charge in [-0.3, -0.25) is 0 Å². The Hall–Kier alpha value is -7.88. The van der Waals surface area contributed by atoms with Crippen LogP contribution in [0.4, 0.5) is 17.1 Å². The normalized spacial score (nSPS) is 12.9. The Morgan fingerprint density at radius 1 is 0.407 bits per heavy atom. The number of benzene rings is 10. The minimum absolute atomic E-state index is 0.168. The van der Waals surface area contributed by atoms with Gasteiger partial charge in [0.25, 0.3) is 0 Å². The van der Waals surface area contributed by atoms with Gasteiger partial charge >= 0.3 is 0 Å². The maximum atomic E-state index is 8.67. The highest BCUT2D eigenvalue weighted by atomic mass is 16.3. The fraction of sp³-hybridized carbons (Fsp3) is 0. The molecule has 0 aliphatic carbocycles. The van der Waals surface area contributed by atoms with E-state index in [0.717, 1.165) is 82.9 Å². The number of hydrogen-bond donors (Lipinski definition) is 0. The van der Waals surface area contributed by atoms with Crippen molar-refractivity contribution in [2.24, 2.45) is 0 Å². The molecule has 2 heterocycles. The van der Waals surface area contributed by atoms with Crippen molar-refractivity contribution >= 4 is 82.4 Å². The van der Waals surface area contributed by atoms with Crippen molar-refractivity contribution in [3.05, 3.63) is 218 Å². The van der Waals surface area contributed by atoms with Crippen molar-refractivity contribution in [3.8, 4) is 27.9 Å². The van der Waals surface area contributed by atoms with Gasteiger partial charge in [0.2, 0.25) is 0 Å². The van der Waals surface area contributed by atoms with Gasteiger partial charge in [-0.15, -0.1) is 0 Å². The van der Waals surface area contributed by atoms with Gasteiger partial charge in [0, 0.05) is 49.4 Å². The lowest BCUT2D eigenvalue weighted by Crippen LogP contribution is -2.10. The van der Waals surface area contributed by atoms with Crippen LogP contribution in [-0.2, 0) is 0 Å². The van der Waals surface area contributed by atoms with Gasteiger partial charge in [0.05, 0.1) is 23.6 Å². The smallest absolute Gasteiger partial charge is 0.143 e. The summed E-state index contributed by atoms with van der Waals surface area (Å²) in [6.45, 7) is 0.